The van der Waals surface area contributed by atoms with Gasteiger partial charge in [0.15, 0.2) is 0 Å². The van der Waals surface area contributed by atoms with Gasteiger partial charge < -0.3 is 15.8 Å². The Labute approximate surface area is 175 Å². The Balaban J connectivity index is 1.51. The molecule has 1 aliphatic heterocycles. The molecule has 3 heterocycles. The van der Waals surface area contributed by atoms with E-state index in [0.717, 1.165) is 43.8 Å². The van der Waals surface area contributed by atoms with Crippen molar-refractivity contribution in [3.8, 4) is 0 Å². The summed E-state index contributed by atoms with van der Waals surface area (Å²) < 4.78 is 5.85. The van der Waals surface area contributed by atoms with Gasteiger partial charge in [0, 0.05) is 30.3 Å². The van der Waals surface area contributed by atoms with Gasteiger partial charge in [-0.05, 0) is 42.8 Å². The van der Waals surface area contributed by atoms with E-state index in [0.29, 0.717) is 18.3 Å². The summed E-state index contributed by atoms with van der Waals surface area (Å²) in [5, 5.41) is 5.36. The Hall–Kier alpha value is -2.55. The first-order valence-electron chi connectivity index (χ1n) is 9.85. The van der Waals surface area contributed by atoms with Crippen LogP contribution in [0.4, 0.5) is 17.6 Å². The number of aryl methyl sites for hydroxylation is 1. The maximum Gasteiger partial charge on any atom is 0.232 e. The number of nitrogens with one attached hydrogen (secondary N) is 1. The molecule has 4 rings (SSSR count). The van der Waals surface area contributed by atoms with E-state index in [1.165, 1.54) is 4.88 Å². The smallest absolute Gasteiger partial charge is 0.232 e. The fraction of sp³-hybridized carbons (Fsp3) is 0.381. The molecule has 3 aromatic rings. The monoisotopic (exact) mass is 410 g/mol. The summed E-state index contributed by atoms with van der Waals surface area (Å²) in [4.78, 5) is 16.9. The number of hydrogen-bond donors (Lipinski definition) is 2. The van der Waals surface area contributed by atoms with Crippen LogP contribution in [0, 0.1) is 6.92 Å². The lowest BCUT2D eigenvalue weighted by Gasteiger charge is -2.24. The molecule has 1 saturated heterocycles. The Morgan fingerprint density at radius 3 is 2.83 bits per heavy atom. The van der Waals surface area contributed by atoms with Gasteiger partial charge in [0.2, 0.25) is 11.9 Å². The van der Waals surface area contributed by atoms with Crippen molar-refractivity contribution in [2.45, 2.75) is 39.0 Å². The van der Waals surface area contributed by atoms with Crippen LogP contribution in [0.2, 0.25) is 0 Å². The summed E-state index contributed by atoms with van der Waals surface area (Å²) in [6, 6.07) is 12.2. The highest BCUT2D eigenvalue weighted by molar-refractivity contribution is 7.09. The highest BCUT2D eigenvalue weighted by Crippen LogP contribution is 2.20. The summed E-state index contributed by atoms with van der Waals surface area (Å²) in [6.07, 6.45) is 2.49. The van der Waals surface area contributed by atoms with Gasteiger partial charge in [0.1, 0.15) is 5.82 Å². The average molecular weight is 411 g/mol. The van der Waals surface area contributed by atoms with Gasteiger partial charge in [-0.1, -0.05) is 24.3 Å². The minimum absolute atomic E-state index is 0.222. The number of aromatic nitrogens is 3. The normalized spacial score (nSPS) is 16.4. The number of rotatable bonds is 8. The Bertz CT molecular complexity index is 927. The van der Waals surface area contributed by atoms with Crippen LogP contribution in [0.1, 0.15) is 29.1 Å². The largest absolute Gasteiger partial charge is 0.377 e. The molecule has 0 amide bonds. The van der Waals surface area contributed by atoms with Crippen LogP contribution in [-0.4, -0.2) is 39.1 Å². The molecule has 0 unspecified atom stereocenters. The van der Waals surface area contributed by atoms with Gasteiger partial charge in [0.25, 0.3) is 0 Å². The van der Waals surface area contributed by atoms with Crippen molar-refractivity contribution in [3.05, 3.63) is 58.0 Å². The summed E-state index contributed by atoms with van der Waals surface area (Å²) in [6.45, 7) is 5.17. The molecule has 152 valence electrons. The zero-order chi connectivity index (χ0) is 20.1. The van der Waals surface area contributed by atoms with Crippen molar-refractivity contribution in [1.82, 2.24) is 19.9 Å². The average Bonchev–Trinajstić information content (AvgIpc) is 3.37. The standard InChI is InChI=1S/C21H26N6OS/c1-15-6-2-3-9-18(15)23-21-25-19(24-20(22)26-21)14-27(12-16-7-4-10-28-16)13-17-8-5-11-29-17/h2-3,5-6,8-9,11,16H,4,7,10,12-14H2,1H3,(H3,22,23,24,25,26)/t16-/m0/s1. The van der Waals surface area contributed by atoms with Gasteiger partial charge in [-0.2, -0.15) is 15.0 Å². The Kier molecular flexibility index (Phi) is 6.33. The number of ether oxygens (including phenoxy) is 1. The fourth-order valence-corrected chi connectivity index (χ4v) is 4.23. The third kappa shape index (κ3) is 5.50. The van der Waals surface area contributed by atoms with E-state index >= 15 is 0 Å². The Morgan fingerprint density at radius 1 is 1.17 bits per heavy atom. The van der Waals surface area contributed by atoms with Crippen molar-refractivity contribution in [2.75, 3.05) is 24.2 Å². The van der Waals surface area contributed by atoms with E-state index in [1.807, 2.05) is 31.2 Å². The molecule has 7 nitrogen and oxygen atoms in total. The SMILES string of the molecule is Cc1ccccc1Nc1nc(N)nc(CN(Cc2cccs2)C[C@@H]2CCCO2)n1. The van der Waals surface area contributed by atoms with Crippen LogP contribution >= 0.6 is 11.3 Å². The number of nitrogens with zero attached hydrogens (tertiary/aromatic N) is 4. The minimum atomic E-state index is 0.222. The van der Waals surface area contributed by atoms with Crippen LogP contribution in [0.5, 0.6) is 0 Å². The van der Waals surface area contributed by atoms with E-state index in [9.17, 15) is 0 Å². The molecule has 0 radical (unpaired) electrons. The highest BCUT2D eigenvalue weighted by Gasteiger charge is 2.21. The van der Waals surface area contributed by atoms with E-state index in [-0.39, 0.29) is 12.1 Å². The molecule has 3 N–H and O–H groups in total. The molecule has 1 atom stereocenters. The number of benzene rings is 1. The van der Waals surface area contributed by atoms with Gasteiger partial charge in [-0.3, -0.25) is 4.90 Å². The lowest BCUT2D eigenvalue weighted by molar-refractivity contribution is 0.0674. The molecule has 1 aliphatic rings. The summed E-state index contributed by atoms with van der Waals surface area (Å²) in [5.74, 6) is 1.34. The number of nitrogens with two attached hydrogens (primary N) is 1. The molecule has 1 fully saturated rings. The van der Waals surface area contributed by atoms with Crippen molar-refractivity contribution < 1.29 is 4.74 Å². The van der Waals surface area contributed by atoms with Gasteiger partial charge in [-0.15, -0.1) is 11.3 Å². The Morgan fingerprint density at radius 2 is 2.07 bits per heavy atom. The first-order valence-corrected chi connectivity index (χ1v) is 10.7. The van der Waals surface area contributed by atoms with Crippen molar-refractivity contribution in [2.24, 2.45) is 0 Å². The topological polar surface area (TPSA) is 89.2 Å². The van der Waals surface area contributed by atoms with Gasteiger partial charge in [0.05, 0.1) is 12.6 Å². The number of nitrogen functional groups attached to an aromatic ring is 1. The lowest BCUT2D eigenvalue weighted by atomic mass is 10.2. The van der Waals surface area contributed by atoms with Crippen LogP contribution in [0.25, 0.3) is 0 Å². The maximum absolute atomic E-state index is 5.98. The van der Waals surface area contributed by atoms with Crippen LogP contribution in [0.3, 0.4) is 0 Å². The molecule has 29 heavy (non-hydrogen) atoms. The molecule has 1 aromatic carbocycles. The molecule has 2 aromatic heterocycles. The van der Waals surface area contributed by atoms with Gasteiger partial charge in [-0.25, -0.2) is 0 Å². The molecule has 8 heteroatoms. The third-order valence-corrected chi connectivity index (χ3v) is 5.76. The maximum atomic E-state index is 5.98. The second-order valence-corrected chi connectivity index (χ2v) is 8.29. The summed E-state index contributed by atoms with van der Waals surface area (Å²) in [7, 11) is 0. The third-order valence-electron chi connectivity index (χ3n) is 4.90. The highest BCUT2D eigenvalue weighted by atomic mass is 32.1. The molecule has 0 bridgehead atoms. The van der Waals surface area contributed by atoms with E-state index in [2.05, 4.69) is 42.7 Å². The van der Waals surface area contributed by atoms with Crippen molar-refractivity contribution in [3.63, 3.8) is 0 Å². The molecule has 0 spiro atoms. The number of anilines is 3. The number of para-hydroxylation sites is 1. The molecule has 0 aliphatic carbocycles. The first kappa shape index (κ1) is 19.8. The lowest BCUT2D eigenvalue weighted by Crippen LogP contribution is -2.32. The van der Waals surface area contributed by atoms with Crippen molar-refractivity contribution >= 4 is 28.9 Å². The number of hydrogen-bond acceptors (Lipinski definition) is 8. The van der Waals surface area contributed by atoms with Crippen LogP contribution < -0.4 is 11.1 Å². The van der Waals surface area contributed by atoms with Crippen LogP contribution in [-0.2, 0) is 17.8 Å². The fourth-order valence-electron chi connectivity index (χ4n) is 3.48. The van der Waals surface area contributed by atoms with E-state index in [1.54, 1.807) is 11.3 Å². The quantitative estimate of drug-likeness (QED) is 0.584. The minimum Gasteiger partial charge on any atom is -0.377 e. The molecular formula is C21H26N6OS. The summed E-state index contributed by atoms with van der Waals surface area (Å²) in [5.41, 5.74) is 8.06. The van der Waals surface area contributed by atoms with E-state index < -0.39 is 0 Å². The number of thiophene rings is 1. The zero-order valence-electron chi connectivity index (χ0n) is 16.5. The van der Waals surface area contributed by atoms with Crippen molar-refractivity contribution in [1.29, 1.82) is 0 Å². The summed E-state index contributed by atoms with van der Waals surface area (Å²) >= 11 is 1.76. The zero-order valence-corrected chi connectivity index (χ0v) is 17.4. The van der Waals surface area contributed by atoms with Crippen LogP contribution in [0.15, 0.2) is 41.8 Å². The second kappa shape index (κ2) is 9.30. The predicted molar refractivity (Wildman–Crippen MR) is 116 cm³/mol. The predicted octanol–water partition coefficient (Wildman–Crippen LogP) is 3.75. The molecule has 0 saturated carbocycles. The first-order chi connectivity index (χ1) is 14.2. The second-order valence-electron chi connectivity index (χ2n) is 7.26. The molecular weight excluding hydrogens is 384 g/mol. The van der Waals surface area contributed by atoms with Gasteiger partial charge >= 0.3 is 0 Å². The van der Waals surface area contributed by atoms with E-state index in [4.69, 9.17) is 10.5 Å².